The molecule has 0 unspecified atom stereocenters. The first-order valence-electron chi connectivity index (χ1n) is 9.08. The number of amidine groups is 1. The van der Waals surface area contributed by atoms with E-state index in [1.165, 1.54) is 24.3 Å². The summed E-state index contributed by atoms with van der Waals surface area (Å²) >= 11 is 0. The van der Waals surface area contributed by atoms with Crippen molar-refractivity contribution in [3.63, 3.8) is 0 Å². The van der Waals surface area contributed by atoms with Gasteiger partial charge in [-0.2, -0.15) is 0 Å². The third-order valence-corrected chi connectivity index (χ3v) is 4.02. The second-order valence-corrected chi connectivity index (χ2v) is 6.25. The predicted molar refractivity (Wildman–Crippen MR) is 117 cm³/mol. The molecule has 2 N–H and O–H groups in total. The van der Waals surface area contributed by atoms with Crippen molar-refractivity contribution in [2.75, 3.05) is 5.32 Å². The fourth-order valence-corrected chi connectivity index (χ4v) is 2.62. The molecule has 2 amide bonds. The highest BCUT2D eigenvalue weighted by atomic mass is 16.6. The fraction of sp³-hybridized carbons (Fsp3) is 0.0455. The lowest BCUT2D eigenvalue weighted by Crippen LogP contribution is -2.32. The summed E-state index contributed by atoms with van der Waals surface area (Å²) in [5.74, 6) is 0.291. The van der Waals surface area contributed by atoms with E-state index in [1.807, 2.05) is 60.7 Å². The number of nitro groups is 1. The zero-order valence-corrected chi connectivity index (χ0v) is 16.1. The van der Waals surface area contributed by atoms with Gasteiger partial charge in [0.25, 0.3) is 5.69 Å². The van der Waals surface area contributed by atoms with Crippen LogP contribution in [0.25, 0.3) is 0 Å². The van der Waals surface area contributed by atoms with Crippen LogP contribution in [0.15, 0.2) is 95.1 Å². The largest absolute Gasteiger partial charge is 0.324 e. The van der Waals surface area contributed by atoms with E-state index in [4.69, 9.17) is 0 Å². The van der Waals surface area contributed by atoms with Crippen LogP contribution in [0.5, 0.6) is 0 Å². The third-order valence-electron chi connectivity index (χ3n) is 4.02. The Morgan fingerprint density at radius 3 is 1.87 bits per heavy atom. The number of hydrogen-bond donors (Lipinski definition) is 2. The van der Waals surface area contributed by atoms with Gasteiger partial charge in [-0.1, -0.05) is 60.7 Å². The summed E-state index contributed by atoms with van der Waals surface area (Å²) < 4.78 is 0. The van der Waals surface area contributed by atoms with Crippen LogP contribution in [0.3, 0.4) is 0 Å². The molecular weight excluding hydrogens is 382 g/mol. The first-order chi connectivity index (χ1) is 14.5. The fourth-order valence-electron chi connectivity index (χ4n) is 2.62. The minimum absolute atomic E-state index is 0.0533. The number of urea groups is 1. The van der Waals surface area contributed by atoms with E-state index < -0.39 is 11.0 Å². The third kappa shape index (κ3) is 5.59. The standard InChI is InChI=1S/C22H19N5O3/c1-16(23-22(28)24-19-12-14-20(15-13-19)27(29)30)25-26-21(17-8-4-2-5-9-17)18-10-6-3-7-11-18/h2-15H,1H3,(H2,23,24,25,28). The molecule has 0 aromatic heterocycles. The Balaban J connectivity index is 1.73. The van der Waals surface area contributed by atoms with Gasteiger partial charge in [0.1, 0.15) is 11.5 Å². The van der Waals surface area contributed by atoms with Gasteiger partial charge in [0.05, 0.1) is 4.92 Å². The number of benzene rings is 3. The van der Waals surface area contributed by atoms with E-state index in [2.05, 4.69) is 20.8 Å². The Kier molecular flexibility index (Phi) is 6.63. The van der Waals surface area contributed by atoms with E-state index in [0.29, 0.717) is 17.2 Å². The summed E-state index contributed by atoms with van der Waals surface area (Å²) in [5.41, 5.74) is 2.84. The lowest BCUT2D eigenvalue weighted by molar-refractivity contribution is -0.384. The maximum atomic E-state index is 12.1. The zero-order chi connectivity index (χ0) is 21.3. The van der Waals surface area contributed by atoms with E-state index >= 15 is 0 Å². The van der Waals surface area contributed by atoms with Crippen LogP contribution in [-0.2, 0) is 0 Å². The molecule has 0 fully saturated rings. The van der Waals surface area contributed by atoms with E-state index in [1.54, 1.807) is 6.92 Å². The van der Waals surface area contributed by atoms with Crippen LogP contribution < -0.4 is 10.6 Å². The summed E-state index contributed by atoms with van der Waals surface area (Å²) in [6, 6.07) is 24.3. The van der Waals surface area contributed by atoms with Gasteiger partial charge >= 0.3 is 6.03 Å². The van der Waals surface area contributed by atoms with Crippen LogP contribution in [0.1, 0.15) is 18.1 Å². The Morgan fingerprint density at radius 2 is 1.37 bits per heavy atom. The van der Waals surface area contributed by atoms with Gasteiger partial charge in [-0.25, -0.2) is 4.79 Å². The van der Waals surface area contributed by atoms with Gasteiger partial charge in [0, 0.05) is 28.9 Å². The van der Waals surface area contributed by atoms with Gasteiger partial charge in [0.2, 0.25) is 0 Å². The van der Waals surface area contributed by atoms with Crippen LogP contribution in [-0.4, -0.2) is 22.5 Å². The van der Waals surface area contributed by atoms with Crippen molar-refractivity contribution >= 4 is 29.0 Å². The molecule has 8 nitrogen and oxygen atoms in total. The average Bonchev–Trinajstić information content (AvgIpc) is 2.75. The molecular formula is C22H19N5O3. The number of hydrogen-bond acceptors (Lipinski definition) is 5. The number of nitrogens with zero attached hydrogens (tertiary/aromatic N) is 3. The Morgan fingerprint density at radius 1 is 0.833 bits per heavy atom. The molecule has 3 aromatic rings. The number of non-ortho nitro benzene ring substituents is 1. The quantitative estimate of drug-likeness (QED) is 0.282. The molecule has 0 saturated carbocycles. The molecule has 3 rings (SSSR count). The molecule has 3 aromatic carbocycles. The smallest absolute Gasteiger partial charge is 0.308 e. The van der Waals surface area contributed by atoms with Crippen LogP contribution >= 0.6 is 0 Å². The molecule has 0 saturated heterocycles. The van der Waals surface area contributed by atoms with Gasteiger partial charge < -0.3 is 5.32 Å². The highest BCUT2D eigenvalue weighted by Gasteiger charge is 2.08. The maximum Gasteiger partial charge on any atom is 0.324 e. The van der Waals surface area contributed by atoms with Crippen molar-refractivity contribution in [1.29, 1.82) is 0 Å². The van der Waals surface area contributed by atoms with E-state index in [-0.39, 0.29) is 5.69 Å². The van der Waals surface area contributed by atoms with Gasteiger partial charge in [-0.05, 0) is 19.1 Å². The van der Waals surface area contributed by atoms with E-state index in [9.17, 15) is 14.9 Å². The second kappa shape index (κ2) is 9.74. The highest BCUT2D eigenvalue weighted by molar-refractivity contribution is 6.13. The van der Waals surface area contributed by atoms with Crippen LogP contribution in [0, 0.1) is 10.1 Å². The summed E-state index contributed by atoms with van der Waals surface area (Å²) in [4.78, 5) is 22.3. The molecule has 0 atom stereocenters. The SMILES string of the molecule is C/C(=N/N=C(c1ccccc1)c1ccccc1)NC(=O)Nc1ccc([N+](=O)[O-])cc1. The topological polar surface area (TPSA) is 109 Å². The summed E-state index contributed by atoms with van der Waals surface area (Å²) in [6.45, 7) is 1.62. The number of amides is 2. The minimum atomic E-state index is -0.527. The van der Waals surface area contributed by atoms with Crippen molar-refractivity contribution in [1.82, 2.24) is 5.32 Å². The molecule has 0 spiro atoms. The van der Waals surface area contributed by atoms with Crippen LogP contribution in [0.2, 0.25) is 0 Å². The van der Waals surface area contributed by atoms with Gasteiger partial charge in [0.15, 0.2) is 0 Å². The number of rotatable bonds is 5. The number of nitrogens with one attached hydrogen (secondary N) is 2. The molecule has 150 valence electrons. The average molecular weight is 401 g/mol. The molecule has 0 radical (unpaired) electrons. The molecule has 0 aliphatic heterocycles. The minimum Gasteiger partial charge on any atom is -0.308 e. The highest BCUT2D eigenvalue weighted by Crippen LogP contribution is 2.15. The molecule has 0 heterocycles. The lowest BCUT2D eigenvalue weighted by Gasteiger charge is -2.07. The lowest BCUT2D eigenvalue weighted by atomic mass is 10.0. The number of carbonyl (C=O) groups excluding carboxylic acids is 1. The number of anilines is 1. The van der Waals surface area contributed by atoms with Crippen molar-refractivity contribution in [3.8, 4) is 0 Å². The summed E-state index contributed by atoms with van der Waals surface area (Å²) in [7, 11) is 0. The first-order valence-corrected chi connectivity index (χ1v) is 9.08. The van der Waals surface area contributed by atoms with Gasteiger partial charge in [-0.3, -0.25) is 15.4 Å². The van der Waals surface area contributed by atoms with Crippen molar-refractivity contribution < 1.29 is 9.72 Å². The molecule has 30 heavy (non-hydrogen) atoms. The monoisotopic (exact) mass is 401 g/mol. The van der Waals surface area contributed by atoms with Crippen molar-refractivity contribution in [3.05, 3.63) is 106 Å². The Bertz CT molecular complexity index is 1040. The zero-order valence-electron chi connectivity index (χ0n) is 16.1. The summed E-state index contributed by atoms with van der Waals surface area (Å²) in [5, 5.41) is 24.3. The van der Waals surface area contributed by atoms with Crippen LogP contribution in [0.4, 0.5) is 16.2 Å². The second-order valence-electron chi connectivity index (χ2n) is 6.25. The first kappa shape index (κ1) is 20.4. The maximum absolute atomic E-state index is 12.1. The Hall–Kier alpha value is -4.33. The Labute approximate surface area is 173 Å². The number of carbonyl (C=O) groups is 1. The normalized spacial score (nSPS) is 10.8. The molecule has 0 aliphatic rings. The van der Waals surface area contributed by atoms with Gasteiger partial charge in [-0.15, -0.1) is 10.2 Å². The predicted octanol–water partition coefficient (Wildman–Crippen LogP) is 4.59. The molecule has 0 bridgehead atoms. The van der Waals surface area contributed by atoms with Crippen molar-refractivity contribution in [2.24, 2.45) is 10.2 Å². The number of nitro benzene ring substituents is 1. The summed E-state index contributed by atoms with van der Waals surface area (Å²) in [6.07, 6.45) is 0. The molecule has 0 aliphatic carbocycles. The van der Waals surface area contributed by atoms with E-state index in [0.717, 1.165) is 11.1 Å². The molecule has 8 heteroatoms. The van der Waals surface area contributed by atoms with Crippen molar-refractivity contribution in [2.45, 2.75) is 6.92 Å².